The van der Waals surface area contributed by atoms with E-state index in [2.05, 4.69) is 5.32 Å². The molecule has 1 saturated heterocycles. The van der Waals surface area contributed by atoms with Gasteiger partial charge in [-0.15, -0.1) is 24.8 Å². The lowest BCUT2D eigenvalue weighted by Crippen LogP contribution is -2.49. The number of halogens is 6. The number of nitrogen functional groups attached to an aromatic ring is 1. The summed E-state index contributed by atoms with van der Waals surface area (Å²) in [4.78, 5) is 1.39. The molecular formula is C12H17Cl3F3N3. The average Bonchev–Trinajstić information content (AvgIpc) is 2.33. The van der Waals surface area contributed by atoms with Crippen molar-refractivity contribution < 1.29 is 13.2 Å². The van der Waals surface area contributed by atoms with Gasteiger partial charge in [-0.2, -0.15) is 13.2 Å². The lowest BCUT2D eigenvalue weighted by atomic mass is 10.0. The highest BCUT2D eigenvalue weighted by Crippen LogP contribution is 2.40. The second-order valence-corrected chi connectivity index (χ2v) is 4.94. The predicted molar refractivity (Wildman–Crippen MR) is 83.6 cm³/mol. The van der Waals surface area contributed by atoms with Crippen LogP contribution >= 0.6 is 36.4 Å². The highest BCUT2D eigenvalue weighted by atomic mass is 35.5. The zero-order chi connectivity index (χ0) is 14.0. The van der Waals surface area contributed by atoms with Gasteiger partial charge in [0.25, 0.3) is 0 Å². The fourth-order valence-corrected chi connectivity index (χ4v) is 2.48. The summed E-state index contributed by atoms with van der Waals surface area (Å²) in [6.45, 7) is 1.73. The van der Waals surface area contributed by atoms with Crippen molar-refractivity contribution in [2.24, 2.45) is 0 Å². The number of nitrogens with zero attached hydrogens (tertiary/aromatic N) is 1. The minimum absolute atomic E-state index is 0. The highest BCUT2D eigenvalue weighted by molar-refractivity contribution is 6.30. The lowest BCUT2D eigenvalue weighted by molar-refractivity contribution is -0.187. The molecule has 0 amide bonds. The SMILES string of the molecule is Cl.Cl.Nc1ccc(Cl)cc1[C@@H](N1CCNCC1)C(F)(F)F. The summed E-state index contributed by atoms with van der Waals surface area (Å²) in [5.74, 6) is 0. The van der Waals surface area contributed by atoms with E-state index in [9.17, 15) is 13.2 Å². The zero-order valence-corrected chi connectivity index (χ0v) is 13.4. The van der Waals surface area contributed by atoms with Crippen molar-refractivity contribution in [3.05, 3.63) is 28.8 Å². The Morgan fingerprint density at radius 3 is 2.29 bits per heavy atom. The molecule has 1 fully saturated rings. The largest absolute Gasteiger partial charge is 0.408 e. The van der Waals surface area contributed by atoms with Crippen LogP contribution in [-0.4, -0.2) is 37.3 Å². The first-order valence-electron chi connectivity index (χ1n) is 5.96. The molecule has 1 heterocycles. The molecule has 0 radical (unpaired) electrons. The number of piperazine rings is 1. The van der Waals surface area contributed by atoms with E-state index in [0.29, 0.717) is 26.2 Å². The van der Waals surface area contributed by atoms with Crippen molar-refractivity contribution in [2.45, 2.75) is 12.2 Å². The van der Waals surface area contributed by atoms with Crippen molar-refractivity contribution in [3.8, 4) is 0 Å². The molecule has 3 N–H and O–H groups in total. The van der Waals surface area contributed by atoms with Gasteiger partial charge in [0.05, 0.1) is 0 Å². The maximum Gasteiger partial charge on any atom is 0.408 e. The van der Waals surface area contributed by atoms with Gasteiger partial charge in [0, 0.05) is 42.5 Å². The summed E-state index contributed by atoms with van der Waals surface area (Å²) >= 11 is 5.80. The van der Waals surface area contributed by atoms with Gasteiger partial charge in [-0.05, 0) is 18.2 Å². The maximum absolute atomic E-state index is 13.3. The Kier molecular flexibility index (Phi) is 8.13. The van der Waals surface area contributed by atoms with Gasteiger partial charge < -0.3 is 11.1 Å². The number of alkyl halides is 3. The van der Waals surface area contributed by atoms with Gasteiger partial charge >= 0.3 is 6.18 Å². The van der Waals surface area contributed by atoms with E-state index >= 15 is 0 Å². The van der Waals surface area contributed by atoms with Gasteiger partial charge in [-0.25, -0.2) is 0 Å². The van der Waals surface area contributed by atoms with Crippen molar-refractivity contribution in [2.75, 3.05) is 31.9 Å². The molecular weight excluding hydrogens is 350 g/mol. The van der Waals surface area contributed by atoms with E-state index in [0.717, 1.165) is 0 Å². The number of benzene rings is 1. The van der Waals surface area contributed by atoms with Crippen LogP contribution in [0.15, 0.2) is 18.2 Å². The monoisotopic (exact) mass is 365 g/mol. The molecule has 21 heavy (non-hydrogen) atoms. The van der Waals surface area contributed by atoms with Gasteiger partial charge in [0.1, 0.15) is 6.04 Å². The Hall–Kier alpha value is -0.400. The molecule has 0 saturated carbocycles. The van der Waals surface area contributed by atoms with Crippen LogP contribution in [0.3, 0.4) is 0 Å². The third-order valence-corrected chi connectivity index (χ3v) is 3.41. The zero-order valence-electron chi connectivity index (χ0n) is 11.0. The predicted octanol–water partition coefficient (Wildman–Crippen LogP) is 3.27. The van der Waals surface area contributed by atoms with Gasteiger partial charge in [-0.1, -0.05) is 11.6 Å². The van der Waals surface area contributed by atoms with E-state index in [4.69, 9.17) is 17.3 Å². The third-order valence-electron chi connectivity index (χ3n) is 3.17. The molecule has 3 nitrogen and oxygen atoms in total. The maximum atomic E-state index is 13.3. The molecule has 1 atom stereocenters. The van der Waals surface area contributed by atoms with E-state index in [1.165, 1.54) is 23.1 Å². The minimum Gasteiger partial charge on any atom is -0.398 e. The molecule has 0 aliphatic carbocycles. The summed E-state index contributed by atoms with van der Waals surface area (Å²) in [6.07, 6.45) is -4.38. The summed E-state index contributed by atoms with van der Waals surface area (Å²) in [5, 5.41) is 3.29. The summed E-state index contributed by atoms with van der Waals surface area (Å²) in [6, 6.07) is 2.51. The van der Waals surface area contributed by atoms with Crippen LogP contribution in [0, 0.1) is 0 Å². The number of hydrogen-bond donors (Lipinski definition) is 2. The van der Waals surface area contributed by atoms with Crippen molar-refractivity contribution in [1.29, 1.82) is 0 Å². The first kappa shape index (κ1) is 20.6. The Labute approximate surface area is 138 Å². The topological polar surface area (TPSA) is 41.3 Å². The van der Waals surface area contributed by atoms with Gasteiger partial charge in [0.15, 0.2) is 0 Å². The lowest BCUT2D eigenvalue weighted by Gasteiger charge is -2.36. The van der Waals surface area contributed by atoms with Crippen LogP contribution in [-0.2, 0) is 0 Å². The quantitative estimate of drug-likeness (QED) is 0.789. The standard InChI is InChI=1S/C12H15ClF3N3.2ClH/c13-8-1-2-10(17)9(7-8)11(12(14,15)16)19-5-3-18-4-6-19;;/h1-2,7,11,18H,3-6,17H2;2*1H/t11-;;/m1../s1. The first-order valence-corrected chi connectivity index (χ1v) is 6.34. The van der Waals surface area contributed by atoms with E-state index in [1.807, 2.05) is 0 Å². The van der Waals surface area contributed by atoms with Gasteiger partial charge in [0.2, 0.25) is 0 Å². The molecule has 0 spiro atoms. The second kappa shape index (κ2) is 8.29. The molecule has 1 aliphatic heterocycles. The van der Waals surface area contributed by atoms with E-state index in [-0.39, 0.29) is 41.1 Å². The Morgan fingerprint density at radius 2 is 1.76 bits per heavy atom. The molecule has 2 rings (SSSR count). The number of nitrogens with one attached hydrogen (secondary N) is 1. The van der Waals surface area contributed by atoms with Gasteiger partial charge in [-0.3, -0.25) is 4.90 Å². The Bertz CT molecular complexity index is 451. The molecule has 9 heteroatoms. The molecule has 0 aromatic heterocycles. The summed E-state index contributed by atoms with van der Waals surface area (Å²) in [5.41, 5.74) is 5.84. The first-order chi connectivity index (χ1) is 8.89. The molecule has 0 bridgehead atoms. The highest BCUT2D eigenvalue weighted by Gasteiger charge is 2.45. The van der Waals surface area contributed by atoms with Crippen LogP contribution in [0.5, 0.6) is 0 Å². The number of nitrogens with two attached hydrogens (primary N) is 1. The fraction of sp³-hybridized carbons (Fsp3) is 0.500. The number of anilines is 1. The van der Waals surface area contributed by atoms with Crippen LogP contribution in [0.1, 0.15) is 11.6 Å². The third kappa shape index (κ3) is 5.07. The fourth-order valence-electron chi connectivity index (χ4n) is 2.30. The Morgan fingerprint density at radius 1 is 1.19 bits per heavy atom. The second-order valence-electron chi connectivity index (χ2n) is 4.50. The molecule has 1 aromatic rings. The average molecular weight is 367 g/mol. The van der Waals surface area contributed by atoms with E-state index < -0.39 is 12.2 Å². The van der Waals surface area contributed by atoms with Crippen LogP contribution < -0.4 is 11.1 Å². The van der Waals surface area contributed by atoms with Crippen LogP contribution in [0.4, 0.5) is 18.9 Å². The molecule has 1 aromatic carbocycles. The van der Waals surface area contributed by atoms with Crippen LogP contribution in [0.2, 0.25) is 5.02 Å². The molecule has 1 aliphatic rings. The van der Waals surface area contributed by atoms with E-state index in [1.54, 1.807) is 0 Å². The Balaban J connectivity index is 0.00000200. The van der Waals surface area contributed by atoms with Crippen molar-refractivity contribution >= 4 is 42.1 Å². The summed E-state index contributed by atoms with van der Waals surface area (Å²) in [7, 11) is 0. The summed E-state index contributed by atoms with van der Waals surface area (Å²) < 4.78 is 40.0. The number of rotatable bonds is 2. The van der Waals surface area contributed by atoms with Crippen molar-refractivity contribution in [1.82, 2.24) is 10.2 Å². The minimum atomic E-state index is -4.38. The number of hydrogen-bond acceptors (Lipinski definition) is 3. The molecule has 122 valence electrons. The normalized spacial score (nSPS) is 17.5. The smallest absolute Gasteiger partial charge is 0.398 e. The van der Waals surface area contributed by atoms with Crippen molar-refractivity contribution in [3.63, 3.8) is 0 Å². The molecule has 0 unspecified atom stereocenters. The van der Waals surface area contributed by atoms with Crippen LogP contribution in [0.25, 0.3) is 0 Å².